The van der Waals surface area contributed by atoms with E-state index in [4.69, 9.17) is 14.7 Å². The second-order valence-electron chi connectivity index (χ2n) is 6.08. The molecule has 1 atom stereocenters. The van der Waals surface area contributed by atoms with Gasteiger partial charge in [-0.2, -0.15) is 5.26 Å². The number of alkyl carbamates (subject to hydrolysis) is 1. The van der Waals surface area contributed by atoms with Crippen molar-refractivity contribution in [1.82, 2.24) is 10.2 Å². The fourth-order valence-corrected chi connectivity index (χ4v) is 3.19. The van der Waals surface area contributed by atoms with Crippen molar-refractivity contribution in [3.63, 3.8) is 0 Å². The van der Waals surface area contributed by atoms with Crippen LogP contribution in [0.3, 0.4) is 0 Å². The zero-order chi connectivity index (χ0) is 16.5. The molecule has 0 spiro atoms. The normalized spacial score (nSPS) is 20.4. The smallest absolute Gasteiger partial charge is 0.408 e. The third-order valence-electron chi connectivity index (χ3n) is 4.43. The van der Waals surface area contributed by atoms with Crippen molar-refractivity contribution < 1.29 is 19.1 Å². The summed E-state index contributed by atoms with van der Waals surface area (Å²) in [5.41, 5.74) is 0. The lowest BCUT2D eigenvalue weighted by Gasteiger charge is -2.32. The molecule has 1 N–H and O–H groups in total. The second-order valence-corrected chi connectivity index (χ2v) is 6.08. The van der Waals surface area contributed by atoms with Crippen LogP contribution in [0.4, 0.5) is 4.79 Å². The topological polar surface area (TPSA) is 91.7 Å². The van der Waals surface area contributed by atoms with Crippen molar-refractivity contribution in [2.75, 3.05) is 32.8 Å². The first kappa shape index (κ1) is 17.5. The Labute approximate surface area is 136 Å². The van der Waals surface area contributed by atoms with E-state index in [1.807, 2.05) is 6.07 Å². The number of hydrogen-bond acceptors (Lipinski definition) is 5. The quantitative estimate of drug-likeness (QED) is 0.773. The van der Waals surface area contributed by atoms with E-state index in [0.29, 0.717) is 38.6 Å². The minimum atomic E-state index is -0.769. The molecule has 23 heavy (non-hydrogen) atoms. The van der Waals surface area contributed by atoms with E-state index in [0.717, 1.165) is 12.8 Å². The monoisotopic (exact) mass is 323 g/mol. The minimum Gasteiger partial charge on any atom is -0.436 e. The third-order valence-corrected chi connectivity index (χ3v) is 4.43. The van der Waals surface area contributed by atoms with Crippen LogP contribution < -0.4 is 5.32 Å². The fraction of sp³-hybridized carbons (Fsp3) is 0.812. The van der Waals surface area contributed by atoms with Crippen molar-refractivity contribution in [2.24, 2.45) is 5.92 Å². The van der Waals surface area contributed by atoms with Crippen LogP contribution in [-0.4, -0.2) is 55.9 Å². The minimum absolute atomic E-state index is 0.124. The van der Waals surface area contributed by atoms with Crippen LogP contribution in [0, 0.1) is 17.2 Å². The van der Waals surface area contributed by atoms with Gasteiger partial charge in [0, 0.05) is 13.1 Å². The summed E-state index contributed by atoms with van der Waals surface area (Å²) in [5, 5.41) is 10.9. The zero-order valence-corrected chi connectivity index (χ0v) is 13.5. The van der Waals surface area contributed by atoms with Gasteiger partial charge >= 0.3 is 6.09 Å². The Hall–Kier alpha value is -1.81. The maximum atomic E-state index is 12.7. The maximum Gasteiger partial charge on any atom is 0.408 e. The third kappa shape index (κ3) is 5.71. The molecule has 0 aromatic carbocycles. The molecular weight excluding hydrogens is 298 g/mol. The summed E-state index contributed by atoms with van der Waals surface area (Å²) in [7, 11) is 0. The molecule has 1 unspecified atom stereocenters. The first-order valence-corrected chi connectivity index (χ1v) is 8.38. The van der Waals surface area contributed by atoms with Gasteiger partial charge in [-0.15, -0.1) is 0 Å². The molecule has 1 heterocycles. The number of rotatable bonds is 5. The first-order chi connectivity index (χ1) is 11.2. The van der Waals surface area contributed by atoms with Crippen molar-refractivity contribution in [1.29, 1.82) is 5.26 Å². The number of carbonyl (C=O) groups excluding carboxylic acids is 2. The number of hydrogen-bond donors (Lipinski definition) is 1. The highest BCUT2D eigenvalue weighted by Gasteiger charge is 2.31. The van der Waals surface area contributed by atoms with Gasteiger partial charge in [-0.3, -0.25) is 4.79 Å². The van der Waals surface area contributed by atoms with Crippen LogP contribution in [0.15, 0.2) is 0 Å². The molecule has 2 rings (SSSR count). The summed E-state index contributed by atoms with van der Waals surface area (Å²) < 4.78 is 10.6. The van der Waals surface area contributed by atoms with Gasteiger partial charge in [-0.05, 0) is 12.3 Å². The van der Waals surface area contributed by atoms with Crippen LogP contribution in [0.25, 0.3) is 0 Å². The molecule has 0 aromatic heterocycles. The Morgan fingerprint density at radius 3 is 2.61 bits per heavy atom. The lowest BCUT2D eigenvalue weighted by atomic mass is 9.85. The number of nitriles is 1. The summed E-state index contributed by atoms with van der Waals surface area (Å²) >= 11 is 0. The molecule has 1 saturated heterocycles. The van der Waals surface area contributed by atoms with Gasteiger partial charge < -0.3 is 19.7 Å². The molecule has 1 aliphatic carbocycles. The van der Waals surface area contributed by atoms with Crippen LogP contribution in [0.2, 0.25) is 0 Å². The van der Waals surface area contributed by atoms with Crippen LogP contribution >= 0.6 is 0 Å². The molecular formula is C16H25N3O4. The highest BCUT2D eigenvalue weighted by molar-refractivity contribution is 5.83. The molecule has 1 aliphatic heterocycles. The van der Waals surface area contributed by atoms with Crippen molar-refractivity contribution in [3.05, 3.63) is 0 Å². The number of nitrogens with zero attached hydrogens (tertiary/aromatic N) is 2. The predicted octanol–water partition coefficient (Wildman–Crippen LogP) is 1.43. The molecule has 7 nitrogen and oxygen atoms in total. The van der Waals surface area contributed by atoms with Crippen molar-refractivity contribution in [3.8, 4) is 6.07 Å². The molecule has 128 valence electrons. The van der Waals surface area contributed by atoms with Gasteiger partial charge in [-0.25, -0.2) is 4.79 Å². The lowest BCUT2D eigenvalue weighted by molar-refractivity contribution is -0.145. The molecule has 0 aromatic rings. The van der Waals surface area contributed by atoms with E-state index in [1.54, 1.807) is 4.90 Å². The number of morpholine rings is 1. The van der Waals surface area contributed by atoms with Crippen LogP contribution in [-0.2, 0) is 14.3 Å². The van der Waals surface area contributed by atoms with E-state index in [2.05, 4.69) is 5.32 Å². The lowest BCUT2D eigenvalue weighted by Crippen LogP contribution is -2.48. The Bertz CT molecular complexity index is 437. The number of carbonyl (C=O) groups is 2. The summed E-state index contributed by atoms with van der Waals surface area (Å²) in [6.45, 7) is 1.97. The number of ether oxygens (including phenoxy) is 2. The van der Waals surface area contributed by atoms with E-state index in [9.17, 15) is 9.59 Å². The number of amides is 2. The highest BCUT2D eigenvalue weighted by Crippen LogP contribution is 2.28. The molecule has 0 bridgehead atoms. The molecule has 2 amide bonds. The van der Waals surface area contributed by atoms with Crippen molar-refractivity contribution in [2.45, 2.75) is 44.6 Å². The predicted molar refractivity (Wildman–Crippen MR) is 82.5 cm³/mol. The van der Waals surface area contributed by atoms with Gasteiger partial charge in [0.2, 0.25) is 0 Å². The Morgan fingerprint density at radius 1 is 1.26 bits per heavy atom. The summed E-state index contributed by atoms with van der Waals surface area (Å²) in [6, 6.07) is 1.82. The maximum absolute atomic E-state index is 12.7. The largest absolute Gasteiger partial charge is 0.436 e. The van der Waals surface area contributed by atoms with E-state index >= 15 is 0 Å². The summed E-state index contributed by atoms with van der Waals surface area (Å²) in [6.07, 6.45) is 4.83. The van der Waals surface area contributed by atoms with Crippen molar-refractivity contribution >= 4 is 12.0 Å². The molecule has 2 fully saturated rings. The zero-order valence-electron chi connectivity index (χ0n) is 13.5. The standard InChI is InChI=1S/C16H25N3O4/c17-6-7-18-16(21)23-14(12-13-4-2-1-3-5-13)15(20)19-8-10-22-11-9-19/h13-14H,1-5,7-12H2,(H,18,21). The second kappa shape index (κ2) is 9.36. The SMILES string of the molecule is N#CCNC(=O)OC(CC1CCCCC1)C(=O)N1CCOCC1. The Morgan fingerprint density at radius 2 is 1.96 bits per heavy atom. The molecule has 0 radical (unpaired) electrons. The van der Waals surface area contributed by atoms with E-state index in [1.165, 1.54) is 19.3 Å². The Kier molecular flexibility index (Phi) is 7.14. The van der Waals surface area contributed by atoms with E-state index in [-0.39, 0.29) is 12.5 Å². The molecule has 7 heteroatoms. The summed E-state index contributed by atoms with van der Waals surface area (Å²) in [5.74, 6) is 0.272. The van der Waals surface area contributed by atoms with Crippen LogP contribution in [0.5, 0.6) is 0 Å². The first-order valence-electron chi connectivity index (χ1n) is 8.38. The van der Waals surface area contributed by atoms with E-state index < -0.39 is 12.2 Å². The van der Waals surface area contributed by atoms with Crippen LogP contribution in [0.1, 0.15) is 38.5 Å². The van der Waals surface area contributed by atoms with Gasteiger partial charge in [0.05, 0.1) is 19.3 Å². The fourth-order valence-electron chi connectivity index (χ4n) is 3.19. The highest BCUT2D eigenvalue weighted by atomic mass is 16.6. The number of nitrogens with one attached hydrogen (secondary N) is 1. The Balaban J connectivity index is 1.95. The van der Waals surface area contributed by atoms with Gasteiger partial charge in [0.1, 0.15) is 6.54 Å². The summed E-state index contributed by atoms with van der Waals surface area (Å²) in [4.78, 5) is 26.1. The van der Waals surface area contributed by atoms with Gasteiger partial charge in [0.25, 0.3) is 5.91 Å². The molecule has 1 saturated carbocycles. The average Bonchev–Trinajstić information content (AvgIpc) is 2.60. The van der Waals surface area contributed by atoms with Gasteiger partial charge in [-0.1, -0.05) is 32.1 Å². The van der Waals surface area contributed by atoms with Gasteiger partial charge in [0.15, 0.2) is 6.10 Å². The average molecular weight is 323 g/mol. The molecule has 2 aliphatic rings.